The van der Waals surface area contributed by atoms with E-state index in [1.165, 1.54) is 19.3 Å². The molecule has 120 valence electrons. The molecule has 0 atom stereocenters. The van der Waals surface area contributed by atoms with E-state index in [9.17, 15) is 13.6 Å². The van der Waals surface area contributed by atoms with E-state index in [1.54, 1.807) is 13.0 Å². The molecular formula is C15H17F2NO4. The zero-order valence-corrected chi connectivity index (χ0v) is 12.3. The van der Waals surface area contributed by atoms with Crippen molar-refractivity contribution in [2.75, 3.05) is 20.3 Å². The Morgan fingerprint density at radius 1 is 1.41 bits per heavy atom. The van der Waals surface area contributed by atoms with Crippen molar-refractivity contribution in [3.8, 4) is 11.5 Å². The minimum Gasteiger partial charge on any atom is -0.493 e. The van der Waals surface area contributed by atoms with Gasteiger partial charge in [-0.2, -0.15) is 8.78 Å². The number of carbonyl (C=O) groups is 1. The molecule has 2 rings (SSSR count). The normalized spacial score (nSPS) is 15.2. The van der Waals surface area contributed by atoms with Crippen LogP contribution in [0.4, 0.5) is 8.78 Å². The van der Waals surface area contributed by atoms with Crippen LogP contribution < -0.4 is 14.8 Å². The number of fused-ring (bicyclic) bond motifs is 1. The Bertz CT molecular complexity index is 587. The molecule has 0 radical (unpaired) electrons. The topological polar surface area (TPSA) is 56.8 Å². The Morgan fingerprint density at radius 2 is 2.18 bits per heavy atom. The van der Waals surface area contributed by atoms with Crippen molar-refractivity contribution in [2.45, 2.75) is 20.0 Å². The third-order valence-corrected chi connectivity index (χ3v) is 3.15. The van der Waals surface area contributed by atoms with Gasteiger partial charge in [0.25, 0.3) is 0 Å². The highest BCUT2D eigenvalue weighted by Crippen LogP contribution is 2.35. The molecule has 1 aromatic carbocycles. The molecule has 1 aliphatic rings. The lowest BCUT2D eigenvalue weighted by molar-refractivity contribution is -0.137. The van der Waals surface area contributed by atoms with Crippen molar-refractivity contribution in [2.24, 2.45) is 0 Å². The summed E-state index contributed by atoms with van der Waals surface area (Å²) in [5, 5.41) is 3.09. The van der Waals surface area contributed by atoms with Crippen LogP contribution in [0.5, 0.6) is 11.5 Å². The van der Waals surface area contributed by atoms with Crippen LogP contribution in [0.15, 0.2) is 18.2 Å². The number of methoxy groups -OCH3 is 1. The highest BCUT2D eigenvalue weighted by atomic mass is 19.3. The standard InChI is InChI=1S/C15H17F2NO4/c1-3-21-14(19)8-11-10-7-12(20-2)13(22-15(16)17)6-9(10)4-5-18-11/h6-8,15,18H,3-5H2,1-2H3. The number of carbonyl (C=O) groups excluding carboxylic acids is 1. The molecule has 22 heavy (non-hydrogen) atoms. The second-order valence-corrected chi connectivity index (χ2v) is 4.53. The number of rotatable bonds is 5. The molecule has 0 spiro atoms. The van der Waals surface area contributed by atoms with E-state index in [-0.39, 0.29) is 18.1 Å². The van der Waals surface area contributed by atoms with Gasteiger partial charge in [-0.3, -0.25) is 0 Å². The first-order chi connectivity index (χ1) is 10.5. The summed E-state index contributed by atoms with van der Waals surface area (Å²) >= 11 is 0. The van der Waals surface area contributed by atoms with Crippen molar-refractivity contribution in [1.29, 1.82) is 0 Å². The molecule has 0 unspecified atom stereocenters. The number of ether oxygens (including phenoxy) is 3. The number of hydrogen-bond acceptors (Lipinski definition) is 5. The molecular weight excluding hydrogens is 296 g/mol. The first kappa shape index (κ1) is 16.1. The minimum absolute atomic E-state index is 0.0198. The first-order valence-corrected chi connectivity index (χ1v) is 6.83. The quantitative estimate of drug-likeness (QED) is 0.668. The van der Waals surface area contributed by atoms with Gasteiger partial charge >= 0.3 is 12.6 Å². The van der Waals surface area contributed by atoms with Crippen LogP contribution in [-0.4, -0.2) is 32.8 Å². The Labute approximate surface area is 126 Å². The fourth-order valence-corrected chi connectivity index (χ4v) is 2.26. The number of esters is 1. The number of alkyl halides is 2. The Kier molecular flexibility index (Phi) is 5.19. The molecule has 1 heterocycles. The van der Waals surface area contributed by atoms with Gasteiger partial charge in [0.15, 0.2) is 11.5 Å². The number of halogens is 2. The van der Waals surface area contributed by atoms with Crippen LogP contribution in [-0.2, 0) is 16.0 Å². The number of hydrogen-bond donors (Lipinski definition) is 1. The van der Waals surface area contributed by atoms with Gasteiger partial charge in [0.2, 0.25) is 0 Å². The van der Waals surface area contributed by atoms with E-state index in [4.69, 9.17) is 9.47 Å². The molecule has 0 saturated heterocycles. The largest absolute Gasteiger partial charge is 0.493 e. The Hall–Kier alpha value is -2.31. The number of benzene rings is 1. The summed E-state index contributed by atoms with van der Waals surface area (Å²) < 4.78 is 39.3. The van der Waals surface area contributed by atoms with Gasteiger partial charge in [-0.25, -0.2) is 4.79 Å². The molecule has 1 aromatic rings. The van der Waals surface area contributed by atoms with E-state index in [0.29, 0.717) is 24.2 Å². The van der Waals surface area contributed by atoms with Crippen molar-refractivity contribution in [3.63, 3.8) is 0 Å². The second-order valence-electron chi connectivity index (χ2n) is 4.53. The summed E-state index contributed by atoms with van der Waals surface area (Å²) in [6, 6.07) is 3.09. The summed E-state index contributed by atoms with van der Waals surface area (Å²) in [6.45, 7) is -0.350. The van der Waals surface area contributed by atoms with Crippen LogP contribution in [0.3, 0.4) is 0 Å². The molecule has 0 aliphatic carbocycles. The predicted molar refractivity (Wildman–Crippen MR) is 75.9 cm³/mol. The van der Waals surface area contributed by atoms with Crippen molar-refractivity contribution < 1.29 is 27.8 Å². The number of nitrogens with one attached hydrogen (secondary N) is 1. The summed E-state index contributed by atoms with van der Waals surface area (Å²) in [7, 11) is 1.37. The molecule has 7 heteroatoms. The molecule has 0 saturated carbocycles. The second kappa shape index (κ2) is 7.11. The molecule has 5 nitrogen and oxygen atoms in total. The van der Waals surface area contributed by atoms with Gasteiger partial charge in [0.1, 0.15) is 0 Å². The van der Waals surface area contributed by atoms with Crippen LogP contribution in [0, 0.1) is 0 Å². The zero-order valence-electron chi connectivity index (χ0n) is 12.3. The van der Waals surface area contributed by atoms with Gasteiger partial charge < -0.3 is 19.5 Å². The SMILES string of the molecule is CCOC(=O)C=C1NCCc2cc(OC(F)F)c(OC)cc21. The van der Waals surface area contributed by atoms with Crippen LogP contribution in [0.25, 0.3) is 5.70 Å². The predicted octanol–water partition coefficient (Wildman–Crippen LogP) is 2.35. The summed E-state index contributed by atoms with van der Waals surface area (Å²) in [5.74, 6) is -0.309. The highest BCUT2D eigenvalue weighted by Gasteiger charge is 2.20. The van der Waals surface area contributed by atoms with E-state index >= 15 is 0 Å². The fraction of sp³-hybridized carbons (Fsp3) is 0.400. The zero-order chi connectivity index (χ0) is 16.1. The van der Waals surface area contributed by atoms with Crippen molar-refractivity contribution in [3.05, 3.63) is 29.3 Å². The lowest BCUT2D eigenvalue weighted by Gasteiger charge is -2.23. The summed E-state index contributed by atoms with van der Waals surface area (Å²) in [4.78, 5) is 11.6. The van der Waals surface area contributed by atoms with E-state index in [0.717, 1.165) is 5.56 Å². The van der Waals surface area contributed by atoms with E-state index in [1.807, 2.05) is 0 Å². The lowest BCUT2D eigenvalue weighted by atomic mass is 9.97. The smallest absolute Gasteiger partial charge is 0.387 e. The fourth-order valence-electron chi connectivity index (χ4n) is 2.26. The van der Waals surface area contributed by atoms with Gasteiger partial charge in [-0.1, -0.05) is 0 Å². The van der Waals surface area contributed by atoms with Crippen LogP contribution >= 0.6 is 0 Å². The molecule has 0 aromatic heterocycles. The van der Waals surface area contributed by atoms with Gasteiger partial charge in [0, 0.05) is 23.9 Å². The maximum atomic E-state index is 12.4. The van der Waals surface area contributed by atoms with Gasteiger partial charge in [0.05, 0.1) is 13.7 Å². The summed E-state index contributed by atoms with van der Waals surface area (Å²) in [5.41, 5.74) is 2.07. The van der Waals surface area contributed by atoms with Crippen molar-refractivity contribution in [1.82, 2.24) is 5.32 Å². The average Bonchev–Trinajstić information content (AvgIpc) is 2.46. The van der Waals surface area contributed by atoms with E-state index < -0.39 is 12.6 Å². The molecule has 1 aliphatic heterocycles. The Morgan fingerprint density at radius 3 is 2.82 bits per heavy atom. The third-order valence-electron chi connectivity index (χ3n) is 3.15. The molecule has 0 fully saturated rings. The minimum atomic E-state index is -2.93. The van der Waals surface area contributed by atoms with Gasteiger partial charge in [-0.05, 0) is 31.0 Å². The first-order valence-electron chi connectivity index (χ1n) is 6.83. The van der Waals surface area contributed by atoms with Gasteiger partial charge in [-0.15, -0.1) is 0 Å². The highest BCUT2D eigenvalue weighted by molar-refractivity contribution is 5.92. The van der Waals surface area contributed by atoms with Crippen LogP contribution in [0.1, 0.15) is 18.1 Å². The molecule has 0 bridgehead atoms. The van der Waals surface area contributed by atoms with Crippen molar-refractivity contribution >= 4 is 11.7 Å². The Balaban J connectivity index is 2.40. The average molecular weight is 313 g/mol. The summed E-state index contributed by atoms with van der Waals surface area (Å²) in [6.07, 6.45) is 1.97. The van der Waals surface area contributed by atoms with Crippen LogP contribution in [0.2, 0.25) is 0 Å². The molecule has 1 N–H and O–H groups in total. The third kappa shape index (κ3) is 3.66. The molecule has 0 amide bonds. The maximum absolute atomic E-state index is 12.4. The lowest BCUT2D eigenvalue weighted by Crippen LogP contribution is -2.24. The maximum Gasteiger partial charge on any atom is 0.387 e. The van der Waals surface area contributed by atoms with E-state index in [2.05, 4.69) is 10.1 Å². The monoisotopic (exact) mass is 313 g/mol.